The zero-order chi connectivity index (χ0) is 24.3. The molecule has 4 saturated carbocycles. The molecular formula is C26H40O7. The summed E-state index contributed by atoms with van der Waals surface area (Å²) < 4.78 is 17.1. The lowest BCUT2D eigenvalue weighted by atomic mass is 9.48. The molecule has 1 aliphatic heterocycles. The van der Waals surface area contributed by atoms with Gasteiger partial charge in [0.2, 0.25) is 0 Å². The van der Waals surface area contributed by atoms with E-state index in [0.29, 0.717) is 63.8 Å². The monoisotopic (exact) mass is 464 g/mol. The van der Waals surface area contributed by atoms with Crippen LogP contribution in [-0.2, 0) is 28.6 Å². The number of carbonyl (C=O) groups is 3. The highest BCUT2D eigenvalue weighted by atomic mass is 16.6. The van der Waals surface area contributed by atoms with Crippen LogP contribution in [0.2, 0.25) is 0 Å². The summed E-state index contributed by atoms with van der Waals surface area (Å²) >= 11 is 0. The van der Waals surface area contributed by atoms with E-state index in [1.807, 2.05) is 34.6 Å². The number of carboxylic acid groups (broad SMARTS) is 1. The SMILES string of the molecule is CCC(C)(CC(C)(C)C(=O)OC12CC3CC(C1)CC(C(=O)O)(C3)C2)C(=O)OCC1(C)COC1. The molecule has 1 N–H and O–H groups in total. The summed E-state index contributed by atoms with van der Waals surface area (Å²) in [5.41, 5.74) is -3.27. The highest BCUT2D eigenvalue weighted by Gasteiger charge is 2.63. The molecule has 0 amide bonds. The van der Waals surface area contributed by atoms with Crippen molar-refractivity contribution in [3.05, 3.63) is 0 Å². The summed E-state index contributed by atoms with van der Waals surface area (Å²) in [6.45, 7) is 11.0. The van der Waals surface area contributed by atoms with Crippen LogP contribution in [0.1, 0.15) is 86.0 Å². The third-order valence-corrected chi connectivity index (χ3v) is 8.88. The van der Waals surface area contributed by atoms with Crippen LogP contribution in [0.4, 0.5) is 0 Å². The molecule has 7 heteroatoms. The molecule has 7 nitrogen and oxygen atoms in total. The Morgan fingerprint density at radius 1 is 1.03 bits per heavy atom. The summed E-state index contributed by atoms with van der Waals surface area (Å²) in [5.74, 6) is -0.754. The normalized spacial score (nSPS) is 35.9. The van der Waals surface area contributed by atoms with Gasteiger partial charge in [0.1, 0.15) is 12.2 Å². The van der Waals surface area contributed by atoms with Crippen LogP contribution in [-0.4, -0.2) is 48.4 Å². The van der Waals surface area contributed by atoms with Crippen molar-refractivity contribution in [3.8, 4) is 0 Å². The quantitative estimate of drug-likeness (QED) is 0.506. The van der Waals surface area contributed by atoms with Crippen molar-refractivity contribution in [2.24, 2.45) is 33.5 Å². The number of hydrogen-bond acceptors (Lipinski definition) is 6. The lowest BCUT2D eigenvalue weighted by Crippen LogP contribution is -2.60. The standard InChI is InChI=1S/C26H40O7/c1-6-24(5,21(30)32-16-23(4)14-31-15-23)12-22(2,3)20(29)33-26-10-17-7-18(11-26)9-25(8-17,13-26)19(27)28/h17-18H,6-16H2,1-5H3,(H,27,28). The second-order valence-electron chi connectivity index (χ2n) is 13.0. The molecule has 4 bridgehead atoms. The molecule has 0 radical (unpaired) electrons. The maximum Gasteiger partial charge on any atom is 0.312 e. The van der Waals surface area contributed by atoms with Gasteiger partial charge in [0.15, 0.2) is 0 Å². The number of ether oxygens (including phenoxy) is 3. The largest absolute Gasteiger partial charge is 0.481 e. The maximum absolute atomic E-state index is 13.5. The number of hydrogen-bond donors (Lipinski definition) is 1. The molecule has 4 aliphatic carbocycles. The highest BCUT2D eigenvalue weighted by molar-refractivity contribution is 5.81. The maximum atomic E-state index is 13.5. The molecule has 0 spiro atoms. The lowest BCUT2D eigenvalue weighted by Gasteiger charge is -2.59. The Bertz CT molecular complexity index is 812. The minimum Gasteiger partial charge on any atom is -0.481 e. The van der Waals surface area contributed by atoms with Crippen molar-refractivity contribution in [2.45, 2.75) is 91.6 Å². The second-order valence-corrected chi connectivity index (χ2v) is 13.0. The van der Waals surface area contributed by atoms with E-state index in [2.05, 4.69) is 0 Å². The molecule has 3 atom stereocenters. The van der Waals surface area contributed by atoms with Crippen LogP contribution in [0.15, 0.2) is 0 Å². The van der Waals surface area contributed by atoms with Crippen molar-refractivity contribution >= 4 is 17.9 Å². The Kier molecular flexibility index (Phi) is 5.91. The van der Waals surface area contributed by atoms with Gasteiger partial charge >= 0.3 is 17.9 Å². The fourth-order valence-electron chi connectivity index (χ4n) is 7.22. The Hall–Kier alpha value is -1.63. The molecule has 0 aromatic carbocycles. The molecule has 5 rings (SSSR count). The fraction of sp³-hybridized carbons (Fsp3) is 0.885. The first-order valence-electron chi connectivity index (χ1n) is 12.5. The zero-order valence-electron chi connectivity index (χ0n) is 20.8. The summed E-state index contributed by atoms with van der Waals surface area (Å²) in [6.07, 6.45) is 5.24. The molecule has 0 aromatic rings. The average Bonchev–Trinajstić information content (AvgIpc) is 2.68. The zero-order valence-corrected chi connectivity index (χ0v) is 20.8. The molecule has 5 aliphatic rings. The molecule has 186 valence electrons. The van der Waals surface area contributed by atoms with Crippen LogP contribution in [0.5, 0.6) is 0 Å². The summed E-state index contributed by atoms with van der Waals surface area (Å²) in [5, 5.41) is 9.96. The van der Waals surface area contributed by atoms with Gasteiger partial charge in [-0.15, -0.1) is 0 Å². The van der Waals surface area contributed by atoms with Crippen LogP contribution in [0.3, 0.4) is 0 Å². The minimum absolute atomic E-state index is 0.128. The van der Waals surface area contributed by atoms with Gasteiger partial charge in [-0.3, -0.25) is 14.4 Å². The first kappa shape index (κ1) is 24.5. The van der Waals surface area contributed by atoms with Crippen LogP contribution < -0.4 is 0 Å². The third-order valence-electron chi connectivity index (χ3n) is 8.88. The summed E-state index contributed by atoms with van der Waals surface area (Å²) in [7, 11) is 0. The lowest BCUT2D eigenvalue weighted by molar-refractivity contribution is -0.217. The van der Waals surface area contributed by atoms with Gasteiger partial charge < -0.3 is 19.3 Å². The van der Waals surface area contributed by atoms with E-state index in [4.69, 9.17) is 14.2 Å². The molecule has 0 aromatic heterocycles. The number of carboxylic acids is 1. The summed E-state index contributed by atoms with van der Waals surface area (Å²) in [6, 6.07) is 0. The van der Waals surface area contributed by atoms with Crippen LogP contribution in [0, 0.1) is 33.5 Å². The molecule has 33 heavy (non-hydrogen) atoms. The van der Waals surface area contributed by atoms with Crippen molar-refractivity contribution in [2.75, 3.05) is 19.8 Å². The average molecular weight is 465 g/mol. The number of esters is 2. The number of carbonyl (C=O) groups excluding carboxylic acids is 2. The van der Waals surface area contributed by atoms with E-state index in [9.17, 15) is 19.5 Å². The number of rotatable bonds is 9. The Morgan fingerprint density at radius 2 is 1.64 bits per heavy atom. The van der Waals surface area contributed by atoms with Gasteiger partial charge in [-0.05, 0) is 77.6 Å². The number of aliphatic carboxylic acids is 1. The fourth-order valence-corrected chi connectivity index (χ4v) is 7.22. The molecule has 1 saturated heterocycles. The Morgan fingerprint density at radius 3 is 2.12 bits per heavy atom. The second kappa shape index (κ2) is 7.96. The van der Waals surface area contributed by atoms with Crippen molar-refractivity contribution in [3.63, 3.8) is 0 Å². The smallest absolute Gasteiger partial charge is 0.312 e. The van der Waals surface area contributed by atoms with E-state index < -0.39 is 27.8 Å². The van der Waals surface area contributed by atoms with Gasteiger partial charge in [0.25, 0.3) is 0 Å². The van der Waals surface area contributed by atoms with Gasteiger partial charge in [0.05, 0.1) is 29.5 Å². The highest BCUT2D eigenvalue weighted by Crippen LogP contribution is 2.63. The first-order valence-corrected chi connectivity index (χ1v) is 12.5. The van der Waals surface area contributed by atoms with E-state index in [0.717, 1.165) is 19.3 Å². The van der Waals surface area contributed by atoms with E-state index >= 15 is 0 Å². The van der Waals surface area contributed by atoms with Gasteiger partial charge in [-0.1, -0.05) is 13.8 Å². The predicted octanol–water partition coefficient (Wildman–Crippen LogP) is 4.37. The molecule has 1 heterocycles. The Labute approximate surface area is 196 Å². The Balaban J connectivity index is 1.43. The van der Waals surface area contributed by atoms with Gasteiger partial charge in [0, 0.05) is 11.8 Å². The molecular weight excluding hydrogens is 424 g/mol. The van der Waals surface area contributed by atoms with E-state index in [-0.39, 0.29) is 17.4 Å². The minimum atomic E-state index is -0.896. The first-order chi connectivity index (χ1) is 15.2. The van der Waals surface area contributed by atoms with Gasteiger partial charge in [-0.2, -0.15) is 0 Å². The van der Waals surface area contributed by atoms with Crippen molar-refractivity contribution in [1.82, 2.24) is 0 Å². The summed E-state index contributed by atoms with van der Waals surface area (Å²) in [4.78, 5) is 38.6. The van der Waals surface area contributed by atoms with Crippen molar-refractivity contribution < 1.29 is 33.7 Å². The van der Waals surface area contributed by atoms with Gasteiger partial charge in [-0.25, -0.2) is 0 Å². The van der Waals surface area contributed by atoms with Crippen molar-refractivity contribution in [1.29, 1.82) is 0 Å². The predicted molar refractivity (Wildman–Crippen MR) is 120 cm³/mol. The van der Waals surface area contributed by atoms with E-state index in [1.54, 1.807) is 0 Å². The van der Waals surface area contributed by atoms with E-state index in [1.165, 1.54) is 0 Å². The van der Waals surface area contributed by atoms with Crippen LogP contribution >= 0.6 is 0 Å². The topological polar surface area (TPSA) is 99.1 Å². The molecule has 5 fully saturated rings. The van der Waals surface area contributed by atoms with Crippen LogP contribution in [0.25, 0.3) is 0 Å². The third kappa shape index (κ3) is 4.42. The molecule has 3 unspecified atom stereocenters.